The molecule has 1 aromatic rings. The van der Waals surface area contributed by atoms with Gasteiger partial charge in [-0.05, 0) is 6.07 Å². The van der Waals surface area contributed by atoms with Crippen molar-refractivity contribution in [3.63, 3.8) is 0 Å². The third-order valence-corrected chi connectivity index (χ3v) is 3.50. The molecule has 0 saturated carbocycles. The van der Waals surface area contributed by atoms with Gasteiger partial charge in [0, 0.05) is 12.6 Å². The van der Waals surface area contributed by atoms with Crippen LogP contribution in [-0.4, -0.2) is 32.6 Å². The summed E-state index contributed by atoms with van der Waals surface area (Å²) < 4.78 is 30.0. The van der Waals surface area contributed by atoms with Crippen LogP contribution in [0.25, 0.3) is 0 Å². The molecule has 3 N–H and O–H groups in total. The van der Waals surface area contributed by atoms with E-state index in [0.29, 0.717) is 0 Å². The van der Waals surface area contributed by atoms with Crippen molar-refractivity contribution in [1.29, 1.82) is 0 Å². The molecule has 0 aromatic heterocycles. The molecule has 0 heterocycles. The fourth-order valence-electron chi connectivity index (χ4n) is 1.24. The number of para-hydroxylation sites is 1. The number of sulfonamides is 1. The van der Waals surface area contributed by atoms with Crippen molar-refractivity contribution in [2.75, 3.05) is 13.2 Å². The highest BCUT2D eigenvalue weighted by atomic mass is 32.2. The van der Waals surface area contributed by atoms with Crippen LogP contribution in [0.5, 0.6) is 0 Å². The molecule has 0 aliphatic heterocycles. The van der Waals surface area contributed by atoms with Gasteiger partial charge in [0.2, 0.25) is 10.0 Å². The Kier molecular flexibility index (Phi) is 4.78. The van der Waals surface area contributed by atoms with Gasteiger partial charge < -0.3 is 10.5 Å². The zero-order valence-corrected chi connectivity index (χ0v) is 10.4. The second kappa shape index (κ2) is 6.11. The van der Waals surface area contributed by atoms with Gasteiger partial charge in [-0.25, -0.2) is 17.9 Å². The third kappa shape index (κ3) is 4.19. The fraction of sp³-hybridized carbons (Fsp3) is 0.222. The van der Waals surface area contributed by atoms with Gasteiger partial charge in [-0.3, -0.25) is 10.1 Å². The number of nitro benzene ring substituents is 1. The first-order valence-corrected chi connectivity index (χ1v) is 6.48. The molecule has 0 spiro atoms. The Labute approximate surface area is 108 Å². The Balaban J connectivity index is 2.83. The summed E-state index contributed by atoms with van der Waals surface area (Å²) in [5.41, 5.74) is 4.15. The predicted molar refractivity (Wildman–Crippen MR) is 63.8 cm³/mol. The van der Waals surface area contributed by atoms with Gasteiger partial charge >= 0.3 is 6.09 Å². The number of rotatable bonds is 6. The number of hydrogen-bond donors (Lipinski definition) is 2. The summed E-state index contributed by atoms with van der Waals surface area (Å²) in [6, 6.07) is 4.90. The molecule has 19 heavy (non-hydrogen) atoms. The van der Waals surface area contributed by atoms with Crippen LogP contribution in [0, 0.1) is 10.1 Å². The number of hydrogen-bond acceptors (Lipinski definition) is 6. The van der Waals surface area contributed by atoms with Gasteiger partial charge in [-0.1, -0.05) is 12.1 Å². The quantitative estimate of drug-likeness (QED) is 0.427. The van der Waals surface area contributed by atoms with E-state index >= 15 is 0 Å². The van der Waals surface area contributed by atoms with Crippen LogP contribution in [0.3, 0.4) is 0 Å². The molecule has 10 heteroatoms. The molecule has 104 valence electrons. The van der Waals surface area contributed by atoms with Crippen molar-refractivity contribution in [3.05, 3.63) is 34.4 Å². The Morgan fingerprint density at radius 3 is 2.63 bits per heavy atom. The van der Waals surface area contributed by atoms with E-state index in [1.54, 1.807) is 0 Å². The standard InChI is InChI=1S/C9H11N3O6S/c10-9(13)18-6-5-11-19(16,17)8-4-2-1-3-7(8)12(14)15/h1-4,11H,5-6H2,(H2,10,13). The lowest BCUT2D eigenvalue weighted by atomic mass is 10.3. The molecule has 0 saturated heterocycles. The number of nitrogens with one attached hydrogen (secondary N) is 1. The first-order chi connectivity index (χ1) is 8.84. The molecule has 1 rings (SSSR count). The summed E-state index contributed by atoms with van der Waals surface area (Å²) in [4.78, 5) is 19.7. The van der Waals surface area contributed by atoms with E-state index in [9.17, 15) is 23.3 Å². The Bertz CT molecular complexity index is 585. The van der Waals surface area contributed by atoms with E-state index in [0.717, 1.165) is 12.1 Å². The SMILES string of the molecule is NC(=O)OCCNS(=O)(=O)c1ccccc1[N+](=O)[O-]. The highest BCUT2D eigenvalue weighted by Gasteiger charge is 2.24. The smallest absolute Gasteiger partial charge is 0.404 e. The summed E-state index contributed by atoms with van der Waals surface area (Å²) in [5.74, 6) is 0. The van der Waals surface area contributed by atoms with Gasteiger partial charge in [-0.15, -0.1) is 0 Å². The molecular formula is C9H11N3O6S. The lowest BCUT2D eigenvalue weighted by Crippen LogP contribution is -2.29. The summed E-state index contributed by atoms with van der Waals surface area (Å²) >= 11 is 0. The van der Waals surface area contributed by atoms with Crippen LogP contribution in [-0.2, 0) is 14.8 Å². The van der Waals surface area contributed by atoms with E-state index in [2.05, 4.69) is 15.2 Å². The zero-order valence-electron chi connectivity index (χ0n) is 9.61. The number of ether oxygens (including phenoxy) is 1. The van der Waals surface area contributed by atoms with Crippen molar-refractivity contribution >= 4 is 21.8 Å². The number of nitrogens with two attached hydrogens (primary N) is 1. The maximum atomic E-state index is 11.8. The van der Waals surface area contributed by atoms with Gasteiger partial charge in [0.15, 0.2) is 4.90 Å². The third-order valence-electron chi connectivity index (χ3n) is 1.99. The van der Waals surface area contributed by atoms with Crippen LogP contribution in [0.15, 0.2) is 29.2 Å². The number of benzene rings is 1. The molecule has 1 amide bonds. The minimum atomic E-state index is -4.06. The van der Waals surface area contributed by atoms with E-state index < -0.39 is 31.6 Å². The molecular weight excluding hydrogens is 278 g/mol. The average molecular weight is 289 g/mol. The van der Waals surface area contributed by atoms with Gasteiger partial charge in [0.25, 0.3) is 5.69 Å². The lowest BCUT2D eigenvalue weighted by molar-refractivity contribution is -0.387. The van der Waals surface area contributed by atoms with E-state index in [-0.39, 0.29) is 13.2 Å². The molecule has 0 aliphatic rings. The van der Waals surface area contributed by atoms with E-state index in [1.165, 1.54) is 12.1 Å². The van der Waals surface area contributed by atoms with Crippen LogP contribution in [0.1, 0.15) is 0 Å². The second-order valence-corrected chi connectivity index (χ2v) is 5.03. The van der Waals surface area contributed by atoms with Crippen LogP contribution < -0.4 is 10.5 Å². The van der Waals surface area contributed by atoms with E-state index in [4.69, 9.17) is 0 Å². The molecule has 1 aromatic carbocycles. The number of nitrogens with zero attached hydrogens (tertiary/aromatic N) is 1. The van der Waals surface area contributed by atoms with Gasteiger partial charge in [0.1, 0.15) is 6.61 Å². The predicted octanol–water partition coefficient (Wildman–Crippen LogP) is -0.0316. The molecule has 0 radical (unpaired) electrons. The first kappa shape index (κ1) is 14.9. The fourth-order valence-corrected chi connectivity index (χ4v) is 2.42. The number of carbonyl (C=O) groups excluding carboxylic acids is 1. The first-order valence-electron chi connectivity index (χ1n) is 5.00. The number of primary amides is 1. The summed E-state index contributed by atoms with van der Waals surface area (Å²) in [6.45, 7) is -0.507. The highest BCUT2D eigenvalue weighted by Crippen LogP contribution is 2.22. The Hall–Kier alpha value is -2.20. The number of nitro groups is 1. The summed E-state index contributed by atoms with van der Waals surface area (Å²) in [7, 11) is -4.06. The summed E-state index contributed by atoms with van der Waals surface area (Å²) in [6.07, 6.45) is -1.04. The molecule has 0 aliphatic carbocycles. The largest absolute Gasteiger partial charge is 0.448 e. The molecule has 0 atom stereocenters. The van der Waals surface area contributed by atoms with Crippen molar-refractivity contribution < 1.29 is 22.9 Å². The molecule has 0 fully saturated rings. The van der Waals surface area contributed by atoms with Crippen molar-refractivity contribution in [2.24, 2.45) is 5.73 Å². The van der Waals surface area contributed by atoms with Crippen LogP contribution in [0.2, 0.25) is 0 Å². The molecule has 0 unspecified atom stereocenters. The second-order valence-electron chi connectivity index (χ2n) is 3.29. The zero-order chi connectivity index (χ0) is 14.5. The number of amides is 1. The highest BCUT2D eigenvalue weighted by molar-refractivity contribution is 7.89. The normalized spacial score (nSPS) is 10.9. The molecule has 9 nitrogen and oxygen atoms in total. The number of carbonyl (C=O) groups is 1. The Morgan fingerprint density at radius 1 is 1.42 bits per heavy atom. The Morgan fingerprint density at radius 2 is 2.05 bits per heavy atom. The topological polar surface area (TPSA) is 142 Å². The summed E-state index contributed by atoms with van der Waals surface area (Å²) in [5, 5.41) is 10.7. The monoisotopic (exact) mass is 289 g/mol. The van der Waals surface area contributed by atoms with Crippen molar-refractivity contribution in [2.45, 2.75) is 4.90 Å². The minimum Gasteiger partial charge on any atom is -0.448 e. The molecule has 0 bridgehead atoms. The maximum absolute atomic E-state index is 11.8. The average Bonchev–Trinajstić information content (AvgIpc) is 2.34. The van der Waals surface area contributed by atoms with Crippen molar-refractivity contribution in [3.8, 4) is 0 Å². The van der Waals surface area contributed by atoms with Gasteiger partial charge in [0.05, 0.1) is 4.92 Å². The maximum Gasteiger partial charge on any atom is 0.404 e. The van der Waals surface area contributed by atoms with E-state index in [1.807, 2.05) is 0 Å². The lowest BCUT2D eigenvalue weighted by Gasteiger charge is -2.06. The van der Waals surface area contributed by atoms with Crippen LogP contribution in [0.4, 0.5) is 10.5 Å². The van der Waals surface area contributed by atoms with Gasteiger partial charge in [-0.2, -0.15) is 0 Å². The van der Waals surface area contributed by atoms with Crippen molar-refractivity contribution in [1.82, 2.24) is 4.72 Å². The van der Waals surface area contributed by atoms with Crippen LogP contribution >= 0.6 is 0 Å². The minimum absolute atomic E-state index is 0.239.